The van der Waals surface area contributed by atoms with E-state index in [4.69, 9.17) is 4.74 Å². The number of carbonyl (C=O) groups excluding carboxylic acids is 1. The van der Waals surface area contributed by atoms with Gasteiger partial charge in [0.25, 0.3) is 12.3 Å². The van der Waals surface area contributed by atoms with Gasteiger partial charge in [0.05, 0.1) is 36.2 Å². The van der Waals surface area contributed by atoms with Gasteiger partial charge < -0.3 is 24.8 Å². The fraction of sp³-hybridized carbons (Fsp3) is 0.448. The van der Waals surface area contributed by atoms with Gasteiger partial charge in [0.15, 0.2) is 0 Å². The van der Waals surface area contributed by atoms with Gasteiger partial charge in [-0.15, -0.1) is 0 Å². The van der Waals surface area contributed by atoms with Gasteiger partial charge in [0, 0.05) is 73.1 Å². The summed E-state index contributed by atoms with van der Waals surface area (Å²) in [6.07, 6.45) is 0.957. The number of halogens is 3. The van der Waals surface area contributed by atoms with E-state index in [1.165, 1.54) is 24.5 Å². The van der Waals surface area contributed by atoms with Crippen molar-refractivity contribution in [3.63, 3.8) is 0 Å². The van der Waals surface area contributed by atoms with E-state index in [9.17, 15) is 18.4 Å². The van der Waals surface area contributed by atoms with Crippen molar-refractivity contribution in [3.8, 4) is 11.1 Å². The number of ether oxygens (including phenoxy) is 1. The number of nitrogens with zero attached hydrogens (tertiary/aromatic N) is 5. The number of piperazine rings is 1. The van der Waals surface area contributed by atoms with Gasteiger partial charge in [-0.25, -0.2) is 23.1 Å². The van der Waals surface area contributed by atoms with Crippen LogP contribution in [0.4, 0.5) is 30.5 Å². The smallest absolute Gasteiger partial charge is 0.264 e. The molecule has 2 saturated heterocycles. The third-order valence-electron chi connectivity index (χ3n) is 8.04. The summed E-state index contributed by atoms with van der Waals surface area (Å²) in [6.45, 7) is 8.96. The average molecular weight is 586 g/mol. The maximum Gasteiger partial charge on any atom is 0.264 e. The lowest BCUT2D eigenvalue weighted by atomic mass is 10.0. The molecule has 0 saturated carbocycles. The van der Waals surface area contributed by atoms with E-state index in [1.54, 1.807) is 0 Å². The normalized spacial score (nSPS) is 21.6. The van der Waals surface area contributed by atoms with Gasteiger partial charge in [0.2, 0.25) is 11.5 Å². The topological polar surface area (TPSA) is 107 Å². The molecule has 2 aliphatic heterocycles. The Bertz CT molecular complexity index is 1490. The highest BCUT2D eigenvalue weighted by Gasteiger charge is 2.30. The van der Waals surface area contributed by atoms with E-state index in [2.05, 4.69) is 39.0 Å². The van der Waals surface area contributed by atoms with Crippen molar-refractivity contribution in [2.24, 2.45) is 0 Å². The molecule has 3 atom stereocenters. The summed E-state index contributed by atoms with van der Waals surface area (Å²) in [5.74, 6) is -0.905. The van der Waals surface area contributed by atoms with Gasteiger partial charge in [-0.05, 0) is 40.0 Å². The zero-order valence-corrected chi connectivity index (χ0v) is 23.9. The van der Waals surface area contributed by atoms with E-state index in [0.29, 0.717) is 56.1 Å². The Kier molecular flexibility index (Phi) is 8.50. The van der Waals surface area contributed by atoms with Crippen LogP contribution in [0.2, 0.25) is 0 Å². The minimum Gasteiger partial charge on any atom is -0.377 e. The van der Waals surface area contributed by atoms with Gasteiger partial charge >= 0.3 is 0 Å². The first-order valence-electron chi connectivity index (χ1n) is 13.8. The summed E-state index contributed by atoms with van der Waals surface area (Å²) in [5.41, 5.74) is -0.645. The molecule has 4 heterocycles. The van der Waals surface area contributed by atoms with Crippen LogP contribution in [-0.4, -0.2) is 83.8 Å². The van der Waals surface area contributed by atoms with Gasteiger partial charge in [-0.2, -0.15) is 0 Å². The van der Waals surface area contributed by atoms with Crippen LogP contribution >= 0.6 is 0 Å². The second-order valence-electron chi connectivity index (χ2n) is 10.9. The highest BCUT2D eigenvalue weighted by molar-refractivity contribution is 6.07. The van der Waals surface area contributed by atoms with Crippen molar-refractivity contribution in [1.29, 1.82) is 0 Å². The number of hydrogen-bond donors (Lipinski definition) is 2. The Balaban J connectivity index is 1.54. The fourth-order valence-electron chi connectivity index (χ4n) is 5.43. The number of amides is 1. The van der Waals surface area contributed by atoms with Crippen LogP contribution in [0.1, 0.15) is 43.1 Å². The Hall–Kier alpha value is -3.97. The number of anilines is 3. The Morgan fingerprint density at radius 2 is 1.79 bits per heavy atom. The van der Waals surface area contributed by atoms with Crippen LogP contribution in [-0.2, 0) is 4.74 Å². The number of alkyl halides is 2. The second-order valence-corrected chi connectivity index (χ2v) is 10.9. The number of benzene rings is 1. The van der Waals surface area contributed by atoms with Gasteiger partial charge in [-0.1, -0.05) is 0 Å². The molecule has 224 valence electrons. The molecule has 2 fully saturated rings. The Morgan fingerprint density at radius 1 is 1.10 bits per heavy atom. The summed E-state index contributed by atoms with van der Waals surface area (Å²) < 4.78 is 48.7. The van der Waals surface area contributed by atoms with Crippen LogP contribution in [0.3, 0.4) is 0 Å². The lowest BCUT2D eigenvalue weighted by Crippen LogP contribution is -2.55. The minimum atomic E-state index is -3.04. The molecule has 3 aromatic rings. The minimum absolute atomic E-state index is 0.0851. The molecule has 0 aliphatic carbocycles. The number of nitrogens with one attached hydrogen (secondary N) is 2. The van der Waals surface area contributed by atoms with Crippen molar-refractivity contribution in [2.75, 3.05) is 55.0 Å². The molecular weight excluding hydrogens is 551 g/mol. The van der Waals surface area contributed by atoms with Crippen LogP contribution in [0.5, 0.6) is 0 Å². The lowest BCUT2D eigenvalue weighted by Gasteiger charge is -2.44. The predicted octanol–water partition coefficient (Wildman–Crippen LogP) is 3.91. The van der Waals surface area contributed by atoms with E-state index >= 15 is 4.39 Å². The SMILES string of the molecule is C[C@@H]1CN(c2cc(F)c(-c3cnc(N4CCOC[C@@H]4C)nc3)cc2NC(=O)c2c[nH]c(=O)cc2C(F)F)C[C@H](C)N1C. The number of hydrogen-bond acceptors (Lipinski definition) is 8. The summed E-state index contributed by atoms with van der Waals surface area (Å²) in [7, 11) is 2.02. The van der Waals surface area contributed by atoms with Gasteiger partial charge in [0.1, 0.15) is 5.82 Å². The maximum atomic E-state index is 15.8. The third-order valence-corrected chi connectivity index (χ3v) is 8.04. The van der Waals surface area contributed by atoms with E-state index < -0.39 is 29.3 Å². The Labute approximate surface area is 241 Å². The zero-order valence-electron chi connectivity index (χ0n) is 23.9. The molecule has 0 bridgehead atoms. The van der Waals surface area contributed by atoms with Crippen molar-refractivity contribution in [1.82, 2.24) is 19.9 Å². The molecule has 10 nitrogen and oxygen atoms in total. The number of aromatic amines is 1. The summed E-state index contributed by atoms with van der Waals surface area (Å²) in [5, 5.41) is 2.71. The van der Waals surface area contributed by atoms with E-state index in [1.807, 2.05) is 23.8 Å². The van der Waals surface area contributed by atoms with Crippen molar-refractivity contribution >= 4 is 23.2 Å². The molecule has 0 spiro atoms. The van der Waals surface area contributed by atoms with Crippen molar-refractivity contribution in [3.05, 3.63) is 64.1 Å². The first-order valence-corrected chi connectivity index (χ1v) is 13.8. The van der Waals surface area contributed by atoms with Crippen LogP contribution in [0, 0.1) is 5.82 Å². The van der Waals surface area contributed by atoms with Crippen LogP contribution in [0.15, 0.2) is 41.6 Å². The van der Waals surface area contributed by atoms with E-state index in [0.717, 1.165) is 6.20 Å². The molecule has 1 amide bonds. The van der Waals surface area contributed by atoms with Crippen LogP contribution in [0.25, 0.3) is 11.1 Å². The molecule has 42 heavy (non-hydrogen) atoms. The molecule has 13 heteroatoms. The number of aromatic nitrogens is 3. The second kappa shape index (κ2) is 12.1. The predicted molar refractivity (Wildman–Crippen MR) is 154 cm³/mol. The standard InChI is InChI=1S/C29H34F3N7O3/c1-16-13-38(14-17(2)37(16)4)25-9-23(30)20(19-10-34-29(35-11-19)39-5-6-42-15-18(39)3)7-24(25)36-28(41)22-12-33-26(40)8-21(22)27(31)32/h7-12,16-18,27H,5-6,13-15H2,1-4H3,(H,33,40)(H,36,41)/t16-,17+,18-/m0/s1. The Morgan fingerprint density at radius 3 is 2.43 bits per heavy atom. The summed E-state index contributed by atoms with van der Waals surface area (Å²) in [6, 6.07) is 3.87. The molecule has 2 N–H and O–H groups in total. The van der Waals surface area contributed by atoms with Crippen molar-refractivity contribution < 1.29 is 22.7 Å². The highest BCUT2D eigenvalue weighted by Crippen LogP contribution is 2.36. The first kappa shape index (κ1) is 29.5. The quantitative estimate of drug-likeness (QED) is 0.449. The zero-order chi connectivity index (χ0) is 30.1. The molecule has 2 aromatic heterocycles. The van der Waals surface area contributed by atoms with Gasteiger partial charge in [-0.3, -0.25) is 14.5 Å². The van der Waals surface area contributed by atoms with Crippen molar-refractivity contribution in [2.45, 2.75) is 45.3 Å². The lowest BCUT2D eigenvalue weighted by molar-refractivity contribution is 0.0981. The first-order chi connectivity index (χ1) is 20.0. The highest BCUT2D eigenvalue weighted by atomic mass is 19.3. The maximum absolute atomic E-state index is 15.8. The number of pyridine rings is 1. The number of morpholine rings is 1. The monoisotopic (exact) mass is 585 g/mol. The summed E-state index contributed by atoms with van der Waals surface area (Å²) >= 11 is 0. The van der Waals surface area contributed by atoms with E-state index in [-0.39, 0.29) is 34.9 Å². The molecular formula is C29H34F3N7O3. The largest absolute Gasteiger partial charge is 0.377 e. The summed E-state index contributed by atoms with van der Waals surface area (Å²) in [4.78, 5) is 42.4. The van der Waals surface area contributed by atoms with Crippen LogP contribution < -0.4 is 20.7 Å². The number of carbonyl (C=O) groups is 1. The average Bonchev–Trinajstić information content (AvgIpc) is 2.96. The molecule has 0 radical (unpaired) electrons. The molecule has 5 rings (SSSR count). The molecule has 2 aliphatic rings. The third kappa shape index (κ3) is 5.97. The number of H-pyrrole nitrogens is 1. The molecule has 0 unspecified atom stereocenters. The molecule has 1 aromatic carbocycles. The number of rotatable bonds is 6. The fourth-order valence-corrected chi connectivity index (χ4v) is 5.43. The number of likely N-dealkylation sites (N-methyl/N-ethyl adjacent to an activating group) is 1.